The molecule has 2 amide bonds. The number of nitrogens with zero attached hydrogens (tertiary/aromatic N) is 4. The van der Waals surface area contributed by atoms with Gasteiger partial charge in [0.2, 0.25) is 17.6 Å². The molecule has 0 spiro atoms. The lowest BCUT2D eigenvalue weighted by molar-refractivity contribution is -0.121. The van der Waals surface area contributed by atoms with E-state index in [1.54, 1.807) is 0 Å². The average Bonchev–Trinajstić information content (AvgIpc) is 3.30. The quantitative estimate of drug-likeness (QED) is 0.540. The van der Waals surface area contributed by atoms with Gasteiger partial charge in [0, 0.05) is 37.1 Å². The van der Waals surface area contributed by atoms with Crippen molar-refractivity contribution in [3.8, 4) is 11.4 Å². The minimum atomic E-state index is -0.360. The van der Waals surface area contributed by atoms with E-state index < -0.39 is 0 Å². The van der Waals surface area contributed by atoms with E-state index in [0.29, 0.717) is 49.9 Å². The number of hydrogen-bond acceptors (Lipinski definition) is 7. The normalized spacial score (nSPS) is 16.8. The molecule has 9 nitrogen and oxygen atoms in total. The second kappa shape index (κ2) is 10.6. The lowest BCUT2D eigenvalue weighted by atomic mass is 9.93. The van der Waals surface area contributed by atoms with E-state index in [4.69, 9.17) is 4.52 Å². The number of amides is 2. The SMILES string of the molecule is Cc1ccc(-c2noc(CCCC(=O)NCCCNC3=C4C=CC=CC4C(=O)N=N3)n2)cc1. The Balaban J connectivity index is 1.12. The van der Waals surface area contributed by atoms with Crippen molar-refractivity contribution in [2.45, 2.75) is 32.6 Å². The van der Waals surface area contributed by atoms with Crippen LogP contribution in [0.4, 0.5) is 0 Å². The van der Waals surface area contributed by atoms with Gasteiger partial charge in [0.05, 0.1) is 5.92 Å². The highest BCUT2D eigenvalue weighted by Gasteiger charge is 2.26. The molecular weight excluding hydrogens is 420 g/mol. The molecule has 1 atom stereocenters. The fourth-order valence-electron chi connectivity index (χ4n) is 3.53. The third-order valence-electron chi connectivity index (χ3n) is 5.35. The summed E-state index contributed by atoms with van der Waals surface area (Å²) in [6.07, 6.45) is 9.69. The highest BCUT2D eigenvalue weighted by Crippen LogP contribution is 2.27. The molecule has 2 heterocycles. The van der Waals surface area contributed by atoms with Gasteiger partial charge in [0.15, 0.2) is 5.82 Å². The van der Waals surface area contributed by atoms with Gasteiger partial charge in [0.25, 0.3) is 5.91 Å². The molecule has 1 aliphatic carbocycles. The van der Waals surface area contributed by atoms with Crippen LogP contribution < -0.4 is 10.6 Å². The van der Waals surface area contributed by atoms with Crippen LogP contribution in [-0.2, 0) is 16.0 Å². The maximum atomic E-state index is 12.1. The first-order chi connectivity index (χ1) is 16.1. The Morgan fingerprint density at radius 2 is 1.94 bits per heavy atom. The zero-order valence-corrected chi connectivity index (χ0v) is 18.5. The van der Waals surface area contributed by atoms with Gasteiger partial charge in [-0.1, -0.05) is 59.3 Å². The summed E-state index contributed by atoms with van der Waals surface area (Å²) in [5.74, 6) is 1.07. The van der Waals surface area contributed by atoms with Crippen LogP contribution in [0, 0.1) is 12.8 Å². The van der Waals surface area contributed by atoms with E-state index in [0.717, 1.165) is 17.6 Å². The van der Waals surface area contributed by atoms with Crippen LogP contribution in [0.25, 0.3) is 11.4 Å². The molecule has 0 bridgehead atoms. The topological polar surface area (TPSA) is 122 Å². The van der Waals surface area contributed by atoms with Gasteiger partial charge in [-0.25, -0.2) is 0 Å². The van der Waals surface area contributed by atoms with Crippen molar-refractivity contribution in [2.24, 2.45) is 16.1 Å². The van der Waals surface area contributed by atoms with Gasteiger partial charge in [-0.2, -0.15) is 4.98 Å². The summed E-state index contributed by atoms with van der Waals surface area (Å²) in [5, 5.41) is 17.8. The highest BCUT2D eigenvalue weighted by molar-refractivity contribution is 5.86. The summed E-state index contributed by atoms with van der Waals surface area (Å²) >= 11 is 0. The predicted octanol–water partition coefficient (Wildman–Crippen LogP) is 3.41. The number of aryl methyl sites for hydroxylation is 2. The molecule has 1 unspecified atom stereocenters. The highest BCUT2D eigenvalue weighted by atomic mass is 16.5. The molecule has 0 radical (unpaired) electrons. The number of carbonyl (C=O) groups excluding carboxylic acids is 2. The minimum Gasteiger partial charge on any atom is -0.368 e. The van der Waals surface area contributed by atoms with Crippen LogP contribution in [0.2, 0.25) is 0 Å². The molecule has 2 aliphatic rings. The maximum absolute atomic E-state index is 12.1. The van der Waals surface area contributed by atoms with E-state index in [1.807, 2.05) is 55.5 Å². The zero-order chi connectivity index (χ0) is 23.0. The molecule has 33 heavy (non-hydrogen) atoms. The predicted molar refractivity (Wildman–Crippen MR) is 122 cm³/mol. The minimum absolute atomic E-state index is 0.0151. The lowest BCUT2D eigenvalue weighted by Gasteiger charge is -2.20. The van der Waals surface area contributed by atoms with Crippen LogP contribution >= 0.6 is 0 Å². The number of hydrogen-bond donors (Lipinski definition) is 2. The molecule has 0 saturated heterocycles. The molecular formula is C24H26N6O3. The van der Waals surface area contributed by atoms with Gasteiger partial charge in [-0.15, -0.1) is 10.2 Å². The van der Waals surface area contributed by atoms with E-state index in [9.17, 15) is 9.59 Å². The van der Waals surface area contributed by atoms with Crippen molar-refractivity contribution in [3.63, 3.8) is 0 Å². The maximum Gasteiger partial charge on any atom is 0.276 e. The summed E-state index contributed by atoms with van der Waals surface area (Å²) in [7, 11) is 0. The van der Waals surface area contributed by atoms with Crippen LogP contribution in [0.15, 0.2) is 74.7 Å². The van der Waals surface area contributed by atoms with Gasteiger partial charge < -0.3 is 15.2 Å². The first kappa shape index (κ1) is 22.3. The molecule has 2 aromatic rings. The molecule has 0 saturated carbocycles. The van der Waals surface area contributed by atoms with E-state index >= 15 is 0 Å². The first-order valence-electron chi connectivity index (χ1n) is 11.0. The van der Waals surface area contributed by atoms with Gasteiger partial charge >= 0.3 is 0 Å². The van der Waals surface area contributed by atoms with Crippen molar-refractivity contribution < 1.29 is 14.1 Å². The Morgan fingerprint density at radius 1 is 1.09 bits per heavy atom. The van der Waals surface area contributed by atoms with Gasteiger partial charge in [0.1, 0.15) is 0 Å². The number of allylic oxidation sites excluding steroid dienone is 3. The van der Waals surface area contributed by atoms with Crippen molar-refractivity contribution >= 4 is 11.8 Å². The van der Waals surface area contributed by atoms with Crippen molar-refractivity contribution in [1.82, 2.24) is 20.8 Å². The zero-order valence-electron chi connectivity index (χ0n) is 18.5. The fourth-order valence-corrected chi connectivity index (χ4v) is 3.53. The van der Waals surface area contributed by atoms with Crippen molar-refractivity contribution in [2.75, 3.05) is 13.1 Å². The third-order valence-corrected chi connectivity index (χ3v) is 5.35. The van der Waals surface area contributed by atoms with Crippen LogP contribution in [0.1, 0.15) is 30.7 Å². The van der Waals surface area contributed by atoms with Crippen LogP contribution in [-0.4, -0.2) is 35.0 Å². The van der Waals surface area contributed by atoms with E-state index in [1.165, 1.54) is 5.56 Å². The summed E-state index contributed by atoms with van der Waals surface area (Å²) in [4.78, 5) is 28.3. The summed E-state index contributed by atoms with van der Waals surface area (Å²) in [6, 6.07) is 7.93. The van der Waals surface area contributed by atoms with Crippen LogP contribution in [0.5, 0.6) is 0 Å². The van der Waals surface area contributed by atoms with E-state index in [-0.39, 0.29) is 17.7 Å². The molecule has 9 heteroatoms. The summed E-state index contributed by atoms with van der Waals surface area (Å²) < 4.78 is 5.29. The fraction of sp³-hybridized carbons (Fsp3) is 0.333. The number of fused-ring (bicyclic) bond motifs is 1. The Hall–Kier alpha value is -3.88. The van der Waals surface area contributed by atoms with Crippen molar-refractivity contribution in [1.29, 1.82) is 0 Å². The smallest absolute Gasteiger partial charge is 0.276 e. The Bertz CT molecular complexity index is 1130. The average molecular weight is 447 g/mol. The van der Waals surface area contributed by atoms with Gasteiger partial charge in [-0.3, -0.25) is 9.59 Å². The largest absolute Gasteiger partial charge is 0.368 e. The standard InChI is InChI=1S/C24H26N6O3/c1-16-10-12-17(13-11-16)22-27-21(33-30-22)9-4-8-20(31)25-14-5-15-26-23-18-6-2-3-7-19(18)24(32)29-28-23/h2-3,6-7,10-13,19,26H,4-5,8-9,14-15H2,1H3,(H,25,31). The number of nitrogens with one attached hydrogen (secondary N) is 2. The number of rotatable bonds is 10. The Labute approximate surface area is 191 Å². The number of aromatic nitrogens is 2. The number of azo groups is 1. The molecule has 1 aliphatic heterocycles. The van der Waals surface area contributed by atoms with Crippen molar-refractivity contribution in [3.05, 3.63) is 71.4 Å². The van der Waals surface area contributed by atoms with E-state index in [2.05, 4.69) is 31.0 Å². The molecule has 0 fully saturated rings. The van der Waals surface area contributed by atoms with Crippen LogP contribution in [0.3, 0.4) is 0 Å². The second-order valence-electron chi connectivity index (χ2n) is 7.93. The molecule has 1 aromatic carbocycles. The monoisotopic (exact) mass is 446 g/mol. The molecule has 1 aromatic heterocycles. The molecule has 4 rings (SSSR count). The van der Waals surface area contributed by atoms with Gasteiger partial charge in [-0.05, 0) is 19.8 Å². The summed E-state index contributed by atoms with van der Waals surface area (Å²) in [5.41, 5.74) is 2.91. The Morgan fingerprint density at radius 3 is 2.79 bits per heavy atom. The second-order valence-corrected chi connectivity index (χ2v) is 7.93. The Kier molecular flexibility index (Phi) is 7.19. The lowest BCUT2D eigenvalue weighted by Crippen LogP contribution is -2.28. The molecule has 2 N–H and O–H groups in total. The summed E-state index contributed by atoms with van der Waals surface area (Å²) in [6.45, 7) is 3.18. The third kappa shape index (κ3) is 5.88. The molecule has 170 valence electrons. The first-order valence-corrected chi connectivity index (χ1v) is 11.0. The number of carbonyl (C=O) groups is 2. The number of benzene rings is 1.